The molecule has 0 saturated heterocycles. The molecule has 0 fully saturated rings. The molecule has 0 bridgehead atoms. The molecule has 1 aromatic heterocycles. The molecule has 0 radical (unpaired) electrons. The Kier molecular flexibility index (Phi) is 4.17. The molecule has 0 aliphatic carbocycles. The number of alkyl halides is 3. The monoisotopic (exact) mass is 284 g/mol. The molecule has 0 atom stereocenters. The molecule has 0 aliphatic rings. The number of aromatic nitrogens is 1. The quantitative estimate of drug-likeness (QED) is 0.887. The van der Waals surface area contributed by atoms with E-state index in [4.69, 9.17) is 5.73 Å². The number of halogens is 3. The van der Waals surface area contributed by atoms with Crippen LogP contribution in [0.25, 0.3) is 0 Å². The highest BCUT2D eigenvalue weighted by Gasteiger charge is 2.37. The lowest BCUT2D eigenvalue weighted by Crippen LogP contribution is -2.25. The van der Waals surface area contributed by atoms with Gasteiger partial charge in [-0.1, -0.05) is 0 Å². The molecule has 0 amide bonds. The minimum absolute atomic E-state index is 0.0139. The number of methoxy groups -OCH3 is 1. The van der Waals surface area contributed by atoms with E-state index in [0.717, 1.165) is 0 Å². The van der Waals surface area contributed by atoms with Crippen LogP contribution in [0, 0.1) is 0 Å². The number of sulfone groups is 1. The highest BCUT2D eigenvalue weighted by atomic mass is 32.2. The third-order valence-electron chi connectivity index (χ3n) is 1.99. The first-order chi connectivity index (χ1) is 8.19. The number of hydrogen-bond acceptors (Lipinski definition) is 5. The van der Waals surface area contributed by atoms with Gasteiger partial charge in [0.1, 0.15) is 0 Å². The molecule has 0 unspecified atom stereocenters. The summed E-state index contributed by atoms with van der Waals surface area (Å²) in [5.74, 6) is -2.07. The molecule has 0 spiro atoms. The first kappa shape index (κ1) is 14.7. The molecule has 0 aliphatic heterocycles. The second-order valence-corrected chi connectivity index (χ2v) is 5.30. The molecule has 0 aromatic carbocycles. The number of hydrogen-bond donors (Lipinski definition) is 1. The fraction of sp³-hybridized carbons (Fsp3) is 0.444. The highest BCUT2D eigenvalue weighted by Crippen LogP contribution is 2.24. The highest BCUT2D eigenvalue weighted by molar-refractivity contribution is 7.91. The van der Waals surface area contributed by atoms with E-state index in [1.54, 1.807) is 0 Å². The summed E-state index contributed by atoms with van der Waals surface area (Å²) in [7, 11) is -3.36. The topological polar surface area (TPSA) is 82.3 Å². The summed E-state index contributed by atoms with van der Waals surface area (Å²) in [5.41, 5.74) is 5.29. The summed E-state index contributed by atoms with van der Waals surface area (Å²) >= 11 is 0. The Balaban J connectivity index is 3.29. The standard InChI is InChI=1S/C9H11F3N2O3S/c1-17-7-3-2-6(4-13)8(14-7)18(15,16)5-9(10,11)12/h2-3H,4-5,13H2,1H3. The van der Waals surface area contributed by atoms with Crippen LogP contribution < -0.4 is 10.5 Å². The summed E-state index contributed by atoms with van der Waals surface area (Å²) in [6, 6.07) is 2.60. The maximum Gasteiger partial charge on any atom is 0.403 e. The smallest absolute Gasteiger partial charge is 0.403 e. The van der Waals surface area contributed by atoms with Crippen LogP contribution in [0.2, 0.25) is 0 Å². The van der Waals surface area contributed by atoms with Gasteiger partial charge in [-0.05, 0) is 6.07 Å². The molecule has 1 rings (SSSR count). The largest absolute Gasteiger partial charge is 0.481 e. The van der Waals surface area contributed by atoms with E-state index in [9.17, 15) is 21.6 Å². The lowest BCUT2D eigenvalue weighted by atomic mass is 10.3. The first-order valence-corrected chi connectivity index (χ1v) is 6.38. The molecular formula is C9H11F3N2O3S. The summed E-state index contributed by atoms with van der Waals surface area (Å²) < 4.78 is 64.4. The Hall–Kier alpha value is -1.35. The average molecular weight is 284 g/mol. The van der Waals surface area contributed by atoms with Crippen LogP contribution in [0.15, 0.2) is 17.2 Å². The van der Waals surface area contributed by atoms with E-state index in [0.29, 0.717) is 0 Å². The zero-order valence-corrected chi connectivity index (χ0v) is 10.2. The first-order valence-electron chi connectivity index (χ1n) is 4.73. The van der Waals surface area contributed by atoms with Crippen LogP contribution in [0.3, 0.4) is 0 Å². The van der Waals surface area contributed by atoms with Crippen molar-refractivity contribution in [2.24, 2.45) is 5.73 Å². The molecule has 5 nitrogen and oxygen atoms in total. The van der Waals surface area contributed by atoms with Gasteiger partial charge in [-0.15, -0.1) is 0 Å². The van der Waals surface area contributed by atoms with E-state index in [1.165, 1.54) is 19.2 Å². The minimum Gasteiger partial charge on any atom is -0.481 e. The number of rotatable bonds is 4. The van der Waals surface area contributed by atoms with Crippen molar-refractivity contribution in [3.63, 3.8) is 0 Å². The third kappa shape index (κ3) is 3.57. The molecular weight excluding hydrogens is 273 g/mol. The van der Waals surface area contributed by atoms with Gasteiger partial charge in [0.25, 0.3) is 0 Å². The predicted molar refractivity (Wildman–Crippen MR) is 56.8 cm³/mol. The van der Waals surface area contributed by atoms with Gasteiger partial charge in [-0.2, -0.15) is 13.2 Å². The van der Waals surface area contributed by atoms with E-state index in [2.05, 4.69) is 9.72 Å². The van der Waals surface area contributed by atoms with Crippen molar-refractivity contribution in [2.75, 3.05) is 12.9 Å². The van der Waals surface area contributed by atoms with Crippen molar-refractivity contribution in [1.29, 1.82) is 0 Å². The lowest BCUT2D eigenvalue weighted by molar-refractivity contribution is -0.106. The Morgan fingerprint density at radius 1 is 1.39 bits per heavy atom. The molecule has 9 heteroatoms. The van der Waals surface area contributed by atoms with Gasteiger partial charge in [0.15, 0.2) is 10.8 Å². The van der Waals surface area contributed by atoms with Crippen LogP contribution in [-0.2, 0) is 16.4 Å². The molecule has 18 heavy (non-hydrogen) atoms. The zero-order valence-electron chi connectivity index (χ0n) is 9.36. The van der Waals surface area contributed by atoms with E-state index in [1.807, 2.05) is 0 Å². The fourth-order valence-corrected chi connectivity index (χ4v) is 2.62. The van der Waals surface area contributed by atoms with Crippen molar-refractivity contribution < 1.29 is 26.3 Å². The molecule has 1 heterocycles. The fourth-order valence-electron chi connectivity index (χ4n) is 1.27. The van der Waals surface area contributed by atoms with E-state index < -0.39 is 26.8 Å². The average Bonchev–Trinajstić information content (AvgIpc) is 2.25. The Bertz CT molecular complexity index is 528. The second-order valence-electron chi connectivity index (χ2n) is 3.40. The third-order valence-corrected chi connectivity index (χ3v) is 3.64. The maximum absolute atomic E-state index is 12.2. The van der Waals surface area contributed by atoms with Crippen LogP contribution in [-0.4, -0.2) is 32.4 Å². The van der Waals surface area contributed by atoms with Crippen LogP contribution in [0.5, 0.6) is 5.88 Å². The van der Waals surface area contributed by atoms with Crippen LogP contribution in [0.4, 0.5) is 13.2 Å². The van der Waals surface area contributed by atoms with Crippen LogP contribution in [0.1, 0.15) is 5.56 Å². The van der Waals surface area contributed by atoms with Gasteiger partial charge in [-0.25, -0.2) is 13.4 Å². The second kappa shape index (κ2) is 5.11. The number of nitrogens with zero attached hydrogens (tertiary/aromatic N) is 1. The Morgan fingerprint density at radius 3 is 2.44 bits per heavy atom. The predicted octanol–water partition coefficient (Wildman–Crippen LogP) is 0.885. The SMILES string of the molecule is COc1ccc(CN)c(S(=O)(=O)CC(F)(F)F)n1. The van der Waals surface area contributed by atoms with E-state index in [-0.39, 0.29) is 18.0 Å². The van der Waals surface area contributed by atoms with Crippen molar-refractivity contribution in [2.45, 2.75) is 17.7 Å². The summed E-state index contributed by atoms with van der Waals surface area (Å²) in [5, 5.41) is -0.693. The van der Waals surface area contributed by atoms with Gasteiger partial charge in [0, 0.05) is 18.2 Å². The van der Waals surface area contributed by atoms with Gasteiger partial charge < -0.3 is 10.5 Å². The zero-order chi connectivity index (χ0) is 14.0. The summed E-state index contributed by atoms with van der Waals surface area (Å²) in [4.78, 5) is 3.53. The van der Waals surface area contributed by atoms with Gasteiger partial charge in [0.05, 0.1) is 7.11 Å². The molecule has 102 valence electrons. The van der Waals surface area contributed by atoms with Gasteiger partial charge in [-0.3, -0.25) is 0 Å². The molecule has 1 aromatic rings. The number of nitrogens with two attached hydrogens (primary N) is 1. The van der Waals surface area contributed by atoms with Gasteiger partial charge >= 0.3 is 6.18 Å². The normalized spacial score (nSPS) is 12.5. The Labute approximate surface area is 102 Å². The van der Waals surface area contributed by atoms with E-state index >= 15 is 0 Å². The van der Waals surface area contributed by atoms with Crippen molar-refractivity contribution in [3.05, 3.63) is 17.7 Å². The lowest BCUT2D eigenvalue weighted by Gasteiger charge is -2.11. The summed E-state index contributed by atoms with van der Waals surface area (Å²) in [6.07, 6.45) is -4.84. The number of pyridine rings is 1. The van der Waals surface area contributed by atoms with Gasteiger partial charge in [0.2, 0.25) is 15.7 Å². The molecule has 0 saturated carbocycles. The maximum atomic E-state index is 12.2. The van der Waals surface area contributed by atoms with Crippen LogP contribution >= 0.6 is 0 Å². The van der Waals surface area contributed by atoms with Crippen molar-refractivity contribution >= 4 is 9.84 Å². The summed E-state index contributed by atoms with van der Waals surface area (Å²) in [6.45, 7) is -0.233. The number of ether oxygens (including phenoxy) is 1. The Morgan fingerprint density at radius 2 is 2.00 bits per heavy atom. The van der Waals surface area contributed by atoms with Crippen molar-refractivity contribution in [3.8, 4) is 5.88 Å². The van der Waals surface area contributed by atoms with Crippen molar-refractivity contribution in [1.82, 2.24) is 4.98 Å². The molecule has 2 N–H and O–H groups in total. The minimum atomic E-state index is -4.84.